The fourth-order valence-corrected chi connectivity index (χ4v) is 10.8. The van der Waals surface area contributed by atoms with Crippen molar-refractivity contribution < 1.29 is 24.5 Å². The number of unbranched alkanes of at least 4 members (excludes halogenated alkanes) is 52. The van der Waals surface area contributed by atoms with Crippen molar-refractivity contribution in [2.75, 3.05) is 13.2 Å². The van der Waals surface area contributed by atoms with Gasteiger partial charge in [-0.25, -0.2) is 0 Å². The molecule has 0 radical (unpaired) electrons. The topological polar surface area (TPSA) is 95.9 Å². The molecule has 0 spiro atoms. The molecule has 3 N–H and O–H groups in total. The number of amides is 1. The van der Waals surface area contributed by atoms with Crippen LogP contribution in [-0.2, 0) is 14.3 Å². The maximum Gasteiger partial charge on any atom is 0.305 e. The number of carbonyl (C=O) groups is 2. The highest BCUT2D eigenvalue weighted by Gasteiger charge is 2.20. The molecule has 6 heteroatoms. The summed E-state index contributed by atoms with van der Waals surface area (Å²) in [6.45, 7) is 4.98. The van der Waals surface area contributed by atoms with Crippen molar-refractivity contribution in [2.45, 2.75) is 398 Å². The molecule has 0 aliphatic heterocycles. The molecule has 0 saturated heterocycles. The highest BCUT2D eigenvalue weighted by atomic mass is 16.5. The van der Waals surface area contributed by atoms with E-state index in [0.717, 1.165) is 38.5 Å². The fraction of sp³-hybridized carbons (Fsp3) is 0.970. The number of rotatable bonds is 63. The summed E-state index contributed by atoms with van der Waals surface area (Å²) in [5.41, 5.74) is 0. The van der Waals surface area contributed by atoms with Crippen LogP contribution in [0, 0.1) is 0 Å². The van der Waals surface area contributed by atoms with Crippen LogP contribution in [-0.4, -0.2) is 47.4 Å². The molecular weight excluding hydrogens is 887 g/mol. The van der Waals surface area contributed by atoms with Crippen molar-refractivity contribution in [1.29, 1.82) is 0 Å². The molecule has 0 aromatic heterocycles. The van der Waals surface area contributed by atoms with E-state index in [4.69, 9.17) is 4.74 Å². The smallest absolute Gasteiger partial charge is 0.305 e. The quantitative estimate of drug-likeness (QED) is 0.0417. The fourth-order valence-electron chi connectivity index (χ4n) is 10.8. The molecule has 0 aliphatic rings. The maximum absolute atomic E-state index is 12.4. The van der Waals surface area contributed by atoms with E-state index in [1.54, 1.807) is 0 Å². The number of hydrogen-bond acceptors (Lipinski definition) is 5. The van der Waals surface area contributed by atoms with Crippen LogP contribution in [0.2, 0.25) is 0 Å². The molecule has 0 rings (SSSR count). The van der Waals surface area contributed by atoms with Gasteiger partial charge in [-0.15, -0.1) is 0 Å². The van der Waals surface area contributed by atoms with E-state index in [1.807, 2.05) is 0 Å². The minimum atomic E-state index is -0.659. The lowest BCUT2D eigenvalue weighted by atomic mass is 10.0. The lowest BCUT2D eigenvalue weighted by Gasteiger charge is -2.22. The zero-order valence-electron chi connectivity index (χ0n) is 49.2. The highest BCUT2D eigenvalue weighted by molar-refractivity contribution is 5.76. The third-order valence-corrected chi connectivity index (χ3v) is 15.9. The first kappa shape index (κ1) is 70.9. The second-order valence-electron chi connectivity index (χ2n) is 23.2. The molecule has 0 fully saturated rings. The molecule has 0 bridgehead atoms. The van der Waals surface area contributed by atoms with Crippen LogP contribution in [0.25, 0.3) is 0 Å². The molecule has 430 valence electrons. The average Bonchev–Trinajstić information content (AvgIpc) is 3.38. The SMILES string of the molecule is CCCCCCCCCCCCCCCCCCCCCC(=O)OCCCCCCCCCCCCCCCCCCCCCCCCCCCCC(=O)NC(CO)C(O)CCCCCCCCCCCC. The van der Waals surface area contributed by atoms with Crippen LogP contribution in [0.5, 0.6) is 0 Å². The average molecular weight is 1020 g/mol. The third-order valence-electron chi connectivity index (χ3n) is 15.9. The van der Waals surface area contributed by atoms with E-state index in [-0.39, 0.29) is 18.5 Å². The summed E-state index contributed by atoms with van der Waals surface area (Å²) in [6.07, 6.45) is 74.3. The Kier molecular flexibility index (Phi) is 61.4. The van der Waals surface area contributed by atoms with Gasteiger partial charge in [0.2, 0.25) is 5.91 Å². The number of ether oxygens (including phenoxy) is 1. The Labute approximate surface area is 451 Å². The van der Waals surface area contributed by atoms with Gasteiger partial charge in [-0.2, -0.15) is 0 Å². The van der Waals surface area contributed by atoms with Crippen LogP contribution in [0.3, 0.4) is 0 Å². The minimum absolute atomic E-state index is 0.0231. The Morgan fingerprint density at radius 3 is 0.847 bits per heavy atom. The molecule has 72 heavy (non-hydrogen) atoms. The Balaban J connectivity index is 3.29. The van der Waals surface area contributed by atoms with Gasteiger partial charge in [0.05, 0.1) is 25.4 Å². The summed E-state index contributed by atoms with van der Waals surface area (Å²) in [4.78, 5) is 24.5. The molecule has 6 nitrogen and oxygen atoms in total. The van der Waals surface area contributed by atoms with Gasteiger partial charge in [0, 0.05) is 12.8 Å². The van der Waals surface area contributed by atoms with Crippen LogP contribution < -0.4 is 5.32 Å². The zero-order chi connectivity index (χ0) is 52.2. The van der Waals surface area contributed by atoms with Gasteiger partial charge in [-0.1, -0.05) is 348 Å². The van der Waals surface area contributed by atoms with Crippen LogP contribution >= 0.6 is 0 Å². The predicted molar refractivity (Wildman–Crippen MR) is 315 cm³/mol. The molecule has 2 unspecified atom stereocenters. The van der Waals surface area contributed by atoms with E-state index < -0.39 is 12.1 Å². The van der Waals surface area contributed by atoms with Gasteiger partial charge in [-0.05, 0) is 25.7 Å². The minimum Gasteiger partial charge on any atom is -0.466 e. The number of aliphatic hydroxyl groups excluding tert-OH is 2. The van der Waals surface area contributed by atoms with E-state index in [9.17, 15) is 19.8 Å². The number of esters is 1. The molecule has 1 amide bonds. The van der Waals surface area contributed by atoms with Crippen molar-refractivity contribution in [2.24, 2.45) is 0 Å². The summed E-state index contributed by atoms with van der Waals surface area (Å²) < 4.78 is 5.51. The Hall–Kier alpha value is -1.14. The summed E-state index contributed by atoms with van der Waals surface area (Å²) in [5.74, 6) is -0.00896. The maximum atomic E-state index is 12.4. The normalized spacial score (nSPS) is 12.4. The van der Waals surface area contributed by atoms with E-state index >= 15 is 0 Å². The van der Waals surface area contributed by atoms with Gasteiger partial charge in [-0.3, -0.25) is 9.59 Å². The van der Waals surface area contributed by atoms with Gasteiger partial charge < -0.3 is 20.3 Å². The van der Waals surface area contributed by atoms with Crippen molar-refractivity contribution in [3.05, 3.63) is 0 Å². The summed E-state index contributed by atoms with van der Waals surface area (Å²) in [7, 11) is 0. The van der Waals surface area contributed by atoms with Crippen LogP contribution in [0.4, 0.5) is 0 Å². The standard InChI is InChI=1S/C66H131NO5/c1-3-5-7-9-11-13-15-16-17-18-27-31-34-37-40-44-48-52-56-60-66(71)72-61-57-53-49-45-41-38-35-32-29-26-24-22-20-19-21-23-25-28-30-33-36-39-43-47-51-55-59-65(70)67-63(62-68)64(69)58-54-50-46-42-14-12-10-8-6-4-2/h63-64,68-69H,3-62H2,1-2H3,(H,67,70). The molecular formula is C66H131NO5. The number of carbonyl (C=O) groups excluding carboxylic acids is 2. The van der Waals surface area contributed by atoms with Gasteiger partial charge in [0.1, 0.15) is 0 Å². The largest absolute Gasteiger partial charge is 0.466 e. The zero-order valence-corrected chi connectivity index (χ0v) is 49.2. The Bertz CT molecular complexity index is 1040. The van der Waals surface area contributed by atoms with Crippen molar-refractivity contribution in [3.63, 3.8) is 0 Å². The monoisotopic (exact) mass is 1020 g/mol. The molecule has 0 aromatic rings. The molecule has 0 aromatic carbocycles. The number of nitrogens with one attached hydrogen (secondary N) is 1. The lowest BCUT2D eigenvalue weighted by Crippen LogP contribution is -2.45. The number of aliphatic hydroxyl groups is 2. The Morgan fingerprint density at radius 2 is 0.569 bits per heavy atom. The van der Waals surface area contributed by atoms with Gasteiger partial charge in [0.25, 0.3) is 0 Å². The second-order valence-corrected chi connectivity index (χ2v) is 23.2. The second kappa shape index (κ2) is 62.4. The molecule has 0 saturated carbocycles. The molecule has 2 atom stereocenters. The van der Waals surface area contributed by atoms with Crippen molar-refractivity contribution in [1.82, 2.24) is 5.32 Å². The lowest BCUT2D eigenvalue weighted by molar-refractivity contribution is -0.143. The number of hydrogen-bond donors (Lipinski definition) is 3. The summed E-state index contributed by atoms with van der Waals surface area (Å²) >= 11 is 0. The van der Waals surface area contributed by atoms with Crippen LogP contribution in [0.1, 0.15) is 386 Å². The Morgan fingerprint density at radius 1 is 0.333 bits per heavy atom. The first-order valence-electron chi connectivity index (χ1n) is 33.3. The highest BCUT2D eigenvalue weighted by Crippen LogP contribution is 2.19. The van der Waals surface area contributed by atoms with E-state index in [1.165, 1.54) is 315 Å². The van der Waals surface area contributed by atoms with Crippen molar-refractivity contribution in [3.8, 4) is 0 Å². The predicted octanol–water partition coefficient (Wildman–Crippen LogP) is 21.0. The third kappa shape index (κ3) is 58.1. The molecule has 0 aliphatic carbocycles. The van der Waals surface area contributed by atoms with Crippen molar-refractivity contribution >= 4 is 11.9 Å². The summed E-state index contributed by atoms with van der Waals surface area (Å²) in [5, 5.41) is 23.2. The van der Waals surface area contributed by atoms with Gasteiger partial charge >= 0.3 is 5.97 Å². The van der Waals surface area contributed by atoms with E-state index in [0.29, 0.717) is 25.9 Å². The van der Waals surface area contributed by atoms with Crippen LogP contribution in [0.15, 0.2) is 0 Å². The molecule has 0 heterocycles. The van der Waals surface area contributed by atoms with Gasteiger partial charge in [0.15, 0.2) is 0 Å². The summed E-state index contributed by atoms with van der Waals surface area (Å²) in [6, 6.07) is -0.537. The first-order chi connectivity index (χ1) is 35.5. The van der Waals surface area contributed by atoms with E-state index in [2.05, 4.69) is 19.2 Å². The first-order valence-corrected chi connectivity index (χ1v) is 33.3.